The van der Waals surface area contributed by atoms with Gasteiger partial charge in [-0.25, -0.2) is 4.68 Å². The summed E-state index contributed by atoms with van der Waals surface area (Å²) in [4.78, 5) is 12.0. The number of benzene rings is 1. The van der Waals surface area contributed by atoms with Gasteiger partial charge in [0.05, 0.1) is 11.1 Å². The lowest BCUT2D eigenvalue weighted by Gasteiger charge is -2.11. The van der Waals surface area contributed by atoms with Gasteiger partial charge >= 0.3 is 0 Å². The van der Waals surface area contributed by atoms with E-state index in [1.807, 2.05) is 38.1 Å². The first kappa shape index (κ1) is 10.8. The van der Waals surface area contributed by atoms with E-state index < -0.39 is 0 Å². The van der Waals surface area contributed by atoms with E-state index in [9.17, 15) is 4.79 Å². The fraction of sp³-hybridized carbons (Fsp3) is 0.333. The minimum absolute atomic E-state index is 0.0532. The van der Waals surface area contributed by atoms with Gasteiger partial charge in [0.15, 0.2) is 0 Å². The van der Waals surface area contributed by atoms with Crippen LogP contribution in [0.5, 0.6) is 0 Å². The first-order valence-electron chi connectivity index (χ1n) is 5.40. The van der Waals surface area contributed by atoms with Crippen LogP contribution in [0.2, 0.25) is 0 Å². The Balaban J connectivity index is 2.90. The van der Waals surface area contributed by atoms with Crippen molar-refractivity contribution in [1.82, 2.24) is 9.78 Å². The second kappa shape index (κ2) is 4.06. The van der Waals surface area contributed by atoms with Crippen molar-refractivity contribution in [3.63, 3.8) is 0 Å². The topological polar surface area (TPSA) is 60.9 Å². The Hall–Kier alpha value is -1.68. The molecule has 4 nitrogen and oxygen atoms in total. The van der Waals surface area contributed by atoms with E-state index in [0.717, 1.165) is 11.1 Å². The largest absolute Gasteiger partial charge is 0.323 e. The summed E-state index contributed by atoms with van der Waals surface area (Å²) in [7, 11) is 0. The third kappa shape index (κ3) is 1.61. The van der Waals surface area contributed by atoms with Gasteiger partial charge in [-0.15, -0.1) is 0 Å². The standard InChI is InChI=1S/C12H15N3O/c1-3-15-12(16)10-7-5-4-6-9(10)11(14-15)8(2)13/h4-8H,3,13H2,1-2H3. The summed E-state index contributed by atoms with van der Waals surface area (Å²) in [5, 5.41) is 5.84. The average Bonchev–Trinajstić information content (AvgIpc) is 2.29. The summed E-state index contributed by atoms with van der Waals surface area (Å²) in [5.74, 6) is 0. The van der Waals surface area contributed by atoms with Gasteiger partial charge in [-0.3, -0.25) is 4.79 Å². The second-order valence-electron chi connectivity index (χ2n) is 3.84. The van der Waals surface area contributed by atoms with Gasteiger partial charge in [0.2, 0.25) is 0 Å². The zero-order valence-corrected chi connectivity index (χ0v) is 9.47. The van der Waals surface area contributed by atoms with E-state index in [1.165, 1.54) is 4.68 Å². The zero-order valence-electron chi connectivity index (χ0n) is 9.47. The summed E-state index contributed by atoms with van der Waals surface area (Å²) < 4.78 is 1.46. The molecule has 0 saturated carbocycles. The molecule has 1 aromatic heterocycles. The quantitative estimate of drug-likeness (QED) is 0.827. The number of hydrogen-bond donors (Lipinski definition) is 1. The molecule has 2 aromatic rings. The van der Waals surface area contributed by atoms with Crippen LogP contribution in [0.1, 0.15) is 25.6 Å². The van der Waals surface area contributed by atoms with E-state index in [1.54, 1.807) is 0 Å². The van der Waals surface area contributed by atoms with Crippen LogP contribution in [0.3, 0.4) is 0 Å². The van der Waals surface area contributed by atoms with Gasteiger partial charge in [-0.05, 0) is 19.9 Å². The van der Waals surface area contributed by atoms with Crippen molar-refractivity contribution in [2.45, 2.75) is 26.4 Å². The minimum Gasteiger partial charge on any atom is -0.323 e. The maximum Gasteiger partial charge on any atom is 0.274 e. The number of aromatic nitrogens is 2. The maximum atomic E-state index is 12.0. The lowest BCUT2D eigenvalue weighted by molar-refractivity contribution is 0.591. The minimum atomic E-state index is -0.178. The number of nitrogens with two attached hydrogens (primary N) is 1. The SMILES string of the molecule is CCn1nc(C(C)N)c2ccccc2c1=O. The van der Waals surface area contributed by atoms with Gasteiger partial charge in [0, 0.05) is 18.0 Å². The summed E-state index contributed by atoms with van der Waals surface area (Å²) in [6.45, 7) is 4.33. The molecule has 16 heavy (non-hydrogen) atoms. The van der Waals surface area contributed by atoms with E-state index in [-0.39, 0.29) is 11.6 Å². The highest BCUT2D eigenvalue weighted by molar-refractivity contribution is 5.83. The summed E-state index contributed by atoms with van der Waals surface area (Å²) >= 11 is 0. The molecular weight excluding hydrogens is 202 g/mol. The lowest BCUT2D eigenvalue weighted by atomic mass is 10.1. The Morgan fingerprint density at radius 1 is 1.38 bits per heavy atom. The van der Waals surface area contributed by atoms with E-state index in [0.29, 0.717) is 11.9 Å². The number of hydrogen-bond acceptors (Lipinski definition) is 3. The summed E-state index contributed by atoms with van der Waals surface area (Å²) in [6.07, 6.45) is 0. The Morgan fingerprint density at radius 3 is 2.56 bits per heavy atom. The van der Waals surface area contributed by atoms with Crippen LogP contribution < -0.4 is 11.3 Å². The normalized spacial score (nSPS) is 12.9. The molecule has 0 fully saturated rings. The van der Waals surface area contributed by atoms with Gasteiger partial charge in [0.25, 0.3) is 5.56 Å². The van der Waals surface area contributed by atoms with Crippen LogP contribution >= 0.6 is 0 Å². The highest BCUT2D eigenvalue weighted by atomic mass is 16.1. The Bertz CT molecular complexity index is 572. The van der Waals surface area contributed by atoms with Crippen LogP contribution in [0.4, 0.5) is 0 Å². The molecule has 1 unspecified atom stereocenters. The van der Waals surface area contributed by atoms with Crippen LogP contribution in [0.15, 0.2) is 29.1 Å². The van der Waals surface area contributed by atoms with Crippen molar-refractivity contribution in [2.24, 2.45) is 5.73 Å². The van der Waals surface area contributed by atoms with Crippen molar-refractivity contribution in [2.75, 3.05) is 0 Å². The summed E-state index contributed by atoms with van der Waals surface area (Å²) in [5.41, 5.74) is 6.60. The van der Waals surface area contributed by atoms with Crippen LogP contribution in [0, 0.1) is 0 Å². The van der Waals surface area contributed by atoms with E-state index >= 15 is 0 Å². The van der Waals surface area contributed by atoms with Crippen LogP contribution in [-0.2, 0) is 6.54 Å². The third-order valence-electron chi connectivity index (χ3n) is 2.63. The van der Waals surface area contributed by atoms with Gasteiger partial charge in [0.1, 0.15) is 0 Å². The van der Waals surface area contributed by atoms with Gasteiger partial charge in [-0.1, -0.05) is 18.2 Å². The molecule has 2 rings (SSSR count). The molecule has 0 amide bonds. The third-order valence-corrected chi connectivity index (χ3v) is 2.63. The lowest BCUT2D eigenvalue weighted by Crippen LogP contribution is -2.25. The van der Waals surface area contributed by atoms with Crippen molar-refractivity contribution >= 4 is 10.8 Å². The molecule has 0 spiro atoms. The Kier molecular flexibility index (Phi) is 2.75. The second-order valence-corrected chi connectivity index (χ2v) is 3.84. The Morgan fingerprint density at radius 2 is 2.00 bits per heavy atom. The molecule has 2 N–H and O–H groups in total. The molecule has 1 atom stereocenters. The van der Waals surface area contributed by atoms with Gasteiger partial charge in [-0.2, -0.15) is 5.10 Å². The van der Waals surface area contributed by atoms with Crippen molar-refractivity contribution in [1.29, 1.82) is 0 Å². The molecule has 4 heteroatoms. The molecule has 0 bridgehead atoms. The highest BCUT2D eigenvalue weighted by Crippen LogP contribution is 2.17. The highest BCUT2D eigenvalue weighted by Gasteiger charge is 2.11. The first-order valence-corrected chi connectivity index (χ1v) is 5.40. The number of fused-ring (bicyclic) bond motifs is 1. The molecule has 0 aliphatic rings. The number of nitrogens with zero attached hydrogens (tertiary/aromatic N) is 2. The first-order chi connectivity index (χ1) is 7.65. The fourth-order valence-electron chi connectivity index (χ4n) is 1.81. The molecule has 0 radical (unpaired) electrons. The van der Waals surface area contributed by atoms with Crippen LogP contribution in [-0.4, -0.2) is 9.78 Å². The molecule has 1 heterocycles. The van der Waals surface area contributed by atoms with Crippen molar-refractivity contribution in [3.8, 4) is 0 Å². The van der Waals surface area contributed by atoms with Crippen molar-refractivity contribution in [3.05, 3.63) is 40.3 Å². The van der Waals surface area contributed by atoms with E-state index in [2.05, 4.69) is 5.10 Å². The molecule has 1 aromatic carbocycles. The molecular formula is C12H15N3O. The molecule has 0 aliphatic carbocycles. The monoisotopic (exact) mass is 217 g/mol. The smallest absolute Gasteiger partial charge is 0.274 e. The average molecular weight is 217 g/mol. The van der Waals surface area contributed by atoms with Crippen molar-refractivity contribution < 1.29 is 0 Å². The molecule has 0 aliphatic heterocycles. The predicted molar refractivity (Wildman–Crippen MR) is 64.3 cm³/mol. The van der Waals surface area contributed by atoms with Gasteiger partial charge < -0.3 is 5.73 Å². The number of rotatable bonds is 2. The van der Waals surface area contributed by atoms with Crippen LogP contribution in [0.25, 0.3) is 10.8 Å². The van der Waals surface area contributed by atoms with E-state index in [4.69, 9.17) is 5.73 Å². The maximum absolute atomic E-state index is 12.0. The summed E-state index contributed by atoms with van der Waals surface area (Å²) in [6, 6.07) is 7.28. The molecule has 0 saturated heterocycles. The predicted octanol–water partition coefficient (Wildman–Crippen LogP) is 1.44. The number of aryl methyl sites for hydroxylation is 1. The Labute approximate surface area is 93.7 Å². The zero-order chi connectivity index (χ0) is 11.7. The fourth-order valence-corrected chi connectivity index (χ4v) is 1.81. The molecule has 84 valence electrons.